The highest BCUT2D eigenvalue weighted by Crippen LogP contribution is 2.46. The molecule has 0 aliphatic heterocycles. The van der Waals surface area contributed by atoms with Gasteiger partial charge in [0.1, 0.15) is 11.6 Å². The molecule has 0 unspecified atom stereocenters. The first-order chi connectivity index (χ1) is 12.7. The smallest absolute Gasteiger partial charge is 0.359 e. The van der Waals surface area contributed by atoms with Crippen LogP contribution in [-0.4, -0.2) is 20.6 Å². The summed E-state index contributed by atoms with van der Waals surface area (Å²) in [4.78, 5) is 0. The van der Waals surface area contributed by atoms with E-state index in [0.717, 1.165) is 0 Å². The van der Waals surface area contributed by atoms with Crippen LogP contribution in [-0.2, 0) is 18.5 Å². The summed E-state index contributed by atoms with van der Waals surface area (Å²) < 4.78 is 117. The maximum atomic E-state index is 13.2. The van der Waals surface area contributed by atoms with Gasteiger partial charge in [0, 0.05) is 6.20 Å². The molecule has 28 heavy (non-hydrogen) atoms. The van der Waals surface area contributed by atoms with Crippen LogP contribution < -0.4 is 5.32 Å². The number of hydrogen-bond donors (Lipinski definition) is 2. The molecule has 15 heteroatoms. The third-order valence-corrected chi connectivity index (χ3v) is 3.14. The van der Waals surface area contributed by atoms with Crippen molar-refractivity contribution in [2.24, 2.45) is 0 Å². The van der Waals surface area contributed by atoms with Crippen molar-refractivity contribution >= 4 is 11.3 Å². The van der Waals surface area contributed by atoms with Gasteiger partial charge < -0.3 is 5.32 Å². The fraction of sp³-hybridized carbons (Fsp3) is 0.231. The lowest BCUT2D eigenvalue weighted by Crippen LogP contribution is -2.19. The predicted molar refractivity (Wildman–Crippen MR) is 72.8 cm³/mol. The van der Waals surface area contributed by atoms with Crippen LogP contribution in [0.4, 0.5) is 45.2 Å². The highest BCUT2D eigenvalue weighted by Gasteiger charge is 2.44. The second-order valence-corrected chi connectivity index (χ2v) is 4.99. The van der Waals surface area contributed by atoms with E-state index in [-0.39, 0.29) is 0 Å². The summed E-state index contributed by atoms with van der Waals surface area (Å²) >= 11 is 0. The number of allylic oxidation sites excluding steroid dienone is 1. The van der Waals surface area contributed by atoms with E-state index < -0.39 is 64.4 Å². The highest BCUT2D eigenvalue weighted by atomic mass is 19.4. The van der Waals surface area contributed by atoms with Crippen molar-refractivity contribution < 1.29 is 39.5 Å². The van der Waals surface area contributed by atoms with Crippen molar-refractivity contribution in [2.75, 3.05) is 5.32 Å². The number of nitrogens with one attached hydrogen (secondary N) is 2. The molecule has 0 saturated carbocycles. The molecule has 2 N–H and O–H groups in total. The lowest BCUT2D eigenvalue weighted by atomic mass is 10.0. The van der Waals surface area contributed by atoms with Crippen LogP contribution in [0.5, 0.6) is 0 Å². The average Bonchev–Trinajstić information content (AvgIpc) is 3.06. The lowest BCUT2D eigenvalue weighted by molar-refractivity contribution is -0.147. The monoisotopic (exact) mass is 416 g/mol. The molecule has 0 spiro atoms. The van der Waals surface area contributed by atoms with E-state index in [2.05, 4.69) is 15.4 Å². The van der Waals surface area contributed by atoms with Crippen LogP contribution in [0.15, 0.2) is 18.3 Å². The molecule has 1 aromatic carbocycles. The van der Waals surface area contributed by atoms with E-state index in [1.165, 1.54) is 6.07 Å². The second-order valence-electron chi connectivity index (χ2n) is 4.99. The van der Waals surface area contributed by atoms with Crippen LogP contribution in [0.25, 0.3) is 5.57 Å². The van der Waals surface area contributed by atoms with Crippen molar-refractivity contribution in [3.8, 4) is 6.07 Å². The summed E-state index contributed by atoms with van der Waals surface area (Å²) in [6.07, 6.45) is -16.2. The third kappa shape index (κ3) is 4.50. The first-order valence-corrected chi connectivity index (χ1v) is 6.75. The second kappa shape index (κ2) is 7.02. The first kappa shape index (κ1) is 21.0. The maximum absolute atomic E-state index is 13.2. The van der Waals surface area contributed by atoms with Crippen LogP contribution in [0.2, 0.25) is 0 Å². The summed E-state index contributed by atoms with van der Waals surface area (Å²) in [6, 6.07) is 0.465. The zero-order chi connectivity index (χ0) is 21.3. The molecule has 0 bridgehead atoms. The molecular formula is C13H5F9N6. The summed E-state index contributed by atoms with van der Waals surface area (Å²) in [7, 11) is 0. The molecule has 150 valence electrons. The van der Waals surface area contributed by atoms with E-state index in [9.17, 15) is 39.5 Å². The molecule has 0 radical (unpaired) electrons. The average molecular weight is 416 g/mol. The number of rotatable bonds is 3. The van der Waals surface area contributed by atoms with Gasteiger partial charge in [-0.25, -0.2) is 0 Å². The molecule has 6 nitrogen and oxygen atoms in total. The zero-order valence-corrected chi connectivity index (χ0v) is 12.9. The van der Waals surface area contributed by atoms with Crippen LogP contribution in [0, 0.1) is 11.3 Å². The number of H-pyrrole nitrogens is 1. The number of halogens is 9. The number of alkyl halides is 9. The quantitative estimate of drug-likeness (QED) is 0.577. The summed E-state index contributed by atoms with van der Waals surface area (Å²) in [5, 5.41) is 22.1. The predicted octanol–water partition coefficient (Wildman–Crippen LogP) is 4.23. The summed E-state index contributed by atoms with van der Waals surface area (Å²) in [5.74, 6) is -0.468. The Morgan fingerprint density at radius 2 is 1.50 bits per heavy atom. The minimum absolute atomic E-state index is 0.387. The number of hydrogen-bond acceptors (Lipinski definition) is 5. The summed E-state index contributed by atoms with van der Waals surface area (Å²) in [5.41, 5.74) is -8.94. The Kier molecular flexibility index (Phi) is 5.26. The van der Waals surface area contributed by atoms with E-state index in [0.29, 0.717) is 6.20 Å². The Morgan fingerprint density at radius 1 is 0.964 bits per heavy atom. The van der Waals surface area contributed by atoms with Crippen molar-refractivity contribution in [1.29, 1.82) is 5.26 Å². The van der Waals surface area contributed by atoms with Crippen molar-refractivity contribution in [2.45, 2.75) is 18.5 Å². The molecule has 0 aliphatic rings. The standard InChI is InChI=1S/C13H5F9N6/c14-11(15,16)6-1-7(12(17,18)19)9(8(2-6)13(20,21)22)24-4-5(3-23)10-25-27-28-26-10/h1-2,4,24H,(H,25,26,27,28). The Balaban J connectivity index is 2.72. The van der Waals surface area contributed by atoms with Gasteiger partial charge in [-0.05, 0) is 17.3 Å². The Bertz CT molecular complexity index is 881. The molecule has 0 fully saturated rings. The number of tetrazole rings is 1. The fourth-order valence-electron chi connectivity index (χ4n) is 1.98. The lowest BCUT2D eigenvalue weighted by Gasteiger charge is -2.21. The van der Waals surface area contributed by atoms with Gasteiger partial charge in [-0.15, -0.1) is 10.2 Å². The Labute approximate surface area is 148 Å². The van der Waals surface area contributed by atoms with Crippen molar-refractivity contribution in [3.63, 3.8) is 0 Å². The van der Waals surface area contributed by atoms with Crippen LogP contribution >= 0.6 is 0 Å². The van der Waals surface area contributed by atoms with Crippen molar-refractivity contribution in [3.05, 3.63) is 40.8 Å². The molecule has 0 atom stereocenters. The van der Waals surface area contributed by atoms with Gasteiger partial charge in [-0.1, -0.05) is 0 Å². The number of nitrogens with zero attached hydrogens (tertiary/aromatic N) is 4. The van der Waals surface area contributed by atoms with Crippen LogP contribution in [0.1, 0.15) is 22.5 Å². The summed E-state index contributed by atoms with van der Waals surface area (Å²) in [6.45, 7) is 0. The number of nitriles is 1. The van der Waals surface area contributed by atoms with Crippen LogP contribution in [0.3, 0.4) is 0 Å². The van der Waals surface area contributed by atoms with Gasteiger partial charge in [-0.3, -0.25) is 0 Å². The Morgan fingerprint density at radius 3 is 1.86 bits per heavy atom. The fourth-order valence-corrected chi connectivity index (χ4v) is 1.98. The van der Waals surface area contributed by atoms with Gasteiger partial charge >= 0.3 is 18.5 Å². The first-order valence-electron chi connectivity index (χ1n) is 6.75. The molecule has 2 aromatic rings. The minimum Gasteiger partial charge on any atom is -0.359 e. The number of anilines is 1. The SMILES string of the molecule is N#CC(=CNc1c(C(F)(F)F)cc(C(F)(F)F)cc1C(F)(F)F)c1nn[nH]n1. The largest absolute Gasteiger partial charge is 0.418 e. The topological polar surface area (TPSA) is 90.3 Å². The van der Waals surface area contributed by atoms with E-state index >= 15 is 0 Å². The van der Waals surface area contributed by atoms with Gasteiger partial charge in [0.05, 0.1) is 22.4 Å². The van der Waals surface area contributed by atoms with E-state index in [1.54, 1.807) is 5.32 Å². The van der Waals surface area contributed by atoms with Gasteiger partial charge in [0.2, 0.25) is 5.82 Å². The van der Waals surface area contributed by atoms with Crippen molar-refractivity contribution in [1.82, 2.24) is 20.6 Å². The van der Waals surface area contributed by atoms with Gasteiger partial charge in [0.15, 0.2) is 0 Å². The molecule has 0 amide bonds. The maximum Gasteiger partial charge on any atom is 0.418 e. The molecule has 2 rings (SSSR count). The Hall–Kier alpha value is -3.31. The molecular weight excluding hydrogens is 411 g/mol. The number of benzene rings is 1. The molecule has 0 aliphatic carbocycles. The number of aromatic amines is 1. The molecule has 1 heterocycles. The highest BCUT2D eigenvalue weighted by molar-refractivity contribution is 5.75. The normalized spacial score (nSPS) is 13.4. The third-order valence-electron chi connectivity index (χ3n) is 3.14. The minimum atomic E-state index is -5.57. The van der Waals surface area contributed by atoms with E-state index in [4.69, 9.17) is 5.26 Å². The van der Waals surface area contributed by atoms with E-state index in [1.807, 2.05) is 5.21 Å². The zero-order valence-electron chi connectivity index (χ0n) is 12.9. The molecule has 1 aromatic heterocycles. The van der Waals surface area contributed by atoms with Gasteiger partial charge in [-0.2, -0.15) is 50.0 Å². The number of aromatic nitrogens is 4. The van der Waals surface area contributed by atoms with Gasteiger partial charge in [0.25, 0.3) is 0 Å². The molecule has 0 saturated heterocycles.